The smallest absolute Gasteiger partial charge is 0.133 e. The lowest BCUT2D eigenvalue weighted by atomic mass is 9.86. The number of halogens is 2. The van der Waals surface area contributed by atoms with Gasteiger partial charge >= 0.3 is 0 Å². The van der Waals surface area contributed by atoms with Crippen LogP contribution in [-0.2, 0) is 0 Å². The number of nitrogens with zero attached hydrogens (tertiary/aromatic N) is 1. The zero-order chi connectivity index (χ0) is 14.8. The van der Waals surface area contributed by atoms with Gasteiger partial charge in [0.05, 0.1) is 15.2 Å². The van der Waals surface area contributed by atoms with Crippen molar-refractivity contribution >= 4 is 45.1 Å². The van der Waals surface area contributed by atoms with Gasteiger partial charge in [-0.3, -0.25) is 0 Å². The Bertz CT molecular complexity index is 638. The molecule has 112 valence electrons. The summed E-state index contributed by atoms with van der Waals surface area (Å²) in [5.41, 5.74) is 0.925. The Morgan fingerprint density at radius 3 is 2.67 bits per heavy atom. The molecule has 0 N–H and O–H groups in total. The van der Waals surface area contributed by atoms with Crippen molar-refractivity contribution in [1.82, 2.24) is 4.98 Å². The van der Waals surface area contributed by atoms with Crippen molar-refractivity contribution < 1.29 is 4.74 Å². The third kappa shape index (κ3) is 3.45. The fourth-order valence-electron chi connectivity index (χ4n) is 3.05. The monoisotopic (exact) mass is 415 g/mol. The number of benzene rings is 1. The standard InChI is InChI=1S/C17H19ClINO/c1-2-11-3-5-12(6-4-11)21-15-9-8-14-13(17(15)19)7-10-16(18)20-14/h7-12H,2-6H2,1H3. The Kier molecular flexibility index (Phi) is 4.89. The van der Waals surface area contributed by atoms with Crippen LogP contribution in [0.1, 0.15) is 39.0 Å². The minimum atomic E-state index is 0.360. The van der Waals surface area contributed by atoms with Crippen LogP contribution in [0.15, 0.2) is 24.3 Å². The van der Waals surface area contributed by atoms with E-state index in [0.29, 0.717) is 11.3 Å². The molecule has 0 saturated heterocycles. The molecule has 0 radical (unpaired) electrons. The van der Waals surface area contributed by atoms with Crippen molar-refractivity contribution in [3.05, 3.63) is 33.0 Å². The van der Waals surface area contributed by atoms with E-state index in [4.69, 9.17) is 16.3 Å². The maximum atomic E-state index is 6.25. The number of aromatic nitrogens is 1. The van der Waals surface area contributed by atoms with Crippen LogP contribution >= 0.6 is 34.2 Å². The lowest BCUT2D eigenvalue weighted by molar-refractivity contribution is 0.129. The van der Waals surface area contributed by atoms with Crippen LogP contribution in [0.4, 0.5) is 0 Å². The molecule has 1 aromatic heterocycles. The maximum absolute atomic E-state index is 6.25. The third-order valence-electron chi connectivity index (χ3n) is 4.40. The Morgan fingerprint density at radius 2 is 1.95 bits per heavy atom. The first kappa shape index (κ1) is 15.3. The van der Waals surface area contributed by atoms with Crippen molar-refractivity contribution in [2.45, 2.75) is 45.1 Å². The van der Waals surface area contributed by atoms with E-state index in [-0.39, 0.29) is 0 Å². The first-order valence-corrected chi connectivity index (χ1v) is 9.04. The Labute approximate surface area is 144 Å². The zero-order valence-corrected chi connectivity index (χ0v) is 15.0. The first-order chi connectivity index (χ1) is 10.2. The molecule has 0 amide bonds. The lowest BCUT2D eigenvalue weighted by Crippen LogP contribution is -2.24. The molecule has 1 aliphatic carbocycles. The van der Waals surface area contributed by atoms with Gasteiger partial charge in [-0.25, -0.2) is 4.98 Å². The normalized spacial score (nSPS) is 22.4. The largest absolute Gasteiger partial charge is 0.489 e. The van der Waals surface area contributed by atoms with Gasteiger partial charge in [0.15, 0.2) is 0 Å². The summed E-state index contributed by atoms with van der Waals surface area (Å²) in [6.07, 6.45) is 6.59. The predicted molar refractivity (Wildman–Crippen MR) is 96.1 cm³/mol. The number of fused-ring (bicyclic) bond motifs is 1. The highest BCUT2D eigenvalue weighted by Gasteiger charge is 2.22. The van der Waals surface area contributed by atoms with Crippen molar-refractivity contribution in [1.29, 1.82) is 0 Å². The predicted octanol–water partition coefficient (Wildman–Crippen LogP) is 5.84. The van der Waals surface area contributed by atoms with Gasteiger partial charge in [-0.2, -0.15) is 0 Å². The number of ether oxygens (including phenoxy) is 1. The Morgan fingerprint density at radius 1 is 1.19 bits per heavy atom. The molecule has 1 saturated carbocycles. The van der Waals surface area contributed by atoms with Gasteiger partial charge in [-0.15, -0.1) is 0 Å². The Hall–Kier alpha value is -0.550. The molecule has 0 aliphatic heterocycles. The third-order valence-corrected chi connectivity index (χ3v) is 5.72. The van der Waals surface area contributed by atoms with Gasteiger partial charge in [0.25, 0.3) is 0 Å². The highest BCUT2D eigenvalue weighted by molar-refractivity contribution is 14.1. The van der Waals surface area contributed by atoms with E-state index >= 15 is 0 Å². The zero-order valence-electron chi connectivity index (χ0n) is 12.1. The molecular weight excluding hydrogens is 397 g/mol. The SMILES string of the molecule is CCC1CCC(Oc2ccc3nc(Cl)ccc3c2I)CC1. The molecule has 0 unspecified atom stereocenters. The molecule has 21 heavy (non-hydrogen) atoms. The van der Waals surface area contributed by atoms with Gasteiger partial charge in [-0.05, 0) is 78.5 Å². The number of rotatable bonds is 3. The number of hydrogen-bond acceptors (Lipinski definition) is 2. The van der Waals surface area contributed by atoms with Crippen LogP contribution in [0.25, 0.3) is 10.9 Å². The van der Waals surface area contributed by atoms with Crippen LogP contribution in [0.5, 0.6) is 5.75 Å². The quantitative estimate of drug-likeness (QED) is 0.464. The highest BCUT2D eigenvalue weighted by Crippen LogP contribution is 2.34. The second-order valence-corrected chi connectivity index (χ2v) is 7.21. The van der Waals surface area contributed by atoms with E-state index in [1.165, 1.54) is 32.1 Å². The van der Waals surface area contributed by atoms with Crippen molar-refractivity contribution in [2.24, 2.45) is 5.92 Å². The van der Waals surface area contributed by atoms with Crippen LogP contribution in [0, 0.1) is 9.49 Å². The van der Waals surface area contributed by atoms with Crippen LogP contribution in [-0.4, -0.2) is 11.1 Å². The molecule has 2 aromatic rings. The summed E-state index contributed by atoms with van der Waals surface area (Å²) >= 11 is 8.30. The summed E-state index contributed by atoms with van der Waals surface area (Å²) < 4.78 is 7.38. The van der Waals surface area contributed by atoms with Gasteiger partial charge in [0.2, 0.25) is 0 Å². The number of pyridine rings is 1. The van der Waals surface area contributed by atoms with E-state index in [1.54, 1.807) is 0 Å². The molecule has 2 nitrogen and oxygen atoms in total. The molecule has 1 aromatic carbocycles. The molecule has 3 rings (SSSR count). The van der Waals surface area contributed by atoms with Gasteiger partial charge in [0, 0.05) is 5.39 Å². The van der Waals surface area contributed by atoms with Gasteiger partial charge < -0.3 is 4.74 Å². The second kappa shape index (κ2) is 6.69. The van der Waals surface area contributed by atoms with Crippen molar-refractivity contribution in [2.75, 3.05) is 0 Å². The molecule has 0 atom stereocenters. The summed E-state index contributed by atoms with van der Waals surface area (Å²) in [7, 11) is 0. The van der Waals surface area contributed by atoms with Crippen LogP contribution in [0.3, 0.4) is 0 Å². The first-order valence-electron chi connectivity index (χ1n) is 7.58. The van der Waals surface area contributed by atoms with Crippen molar-refractivity contribution in [3.8, 4) is 5.75 Å². The minimum absolute atomic E-state index is 0.360. The fraction of sp³-hybridized carbons (Fsp3) is 0.471. The van der Waals surface area contributed by atoms with E-state index in [0.717, 1.165) is 26.1 Å². The topological polar surface area (TPSA) is 22.1 Å². The van der Waals surface area contributed by atoms with Gasteiger partial charge in [-0.1, -0.05) is 24.9 Å². The molecule has 4 heteroatoms. The molecular formula is C17H19ClINO. The lowest BCUT2D eigenvalue weighted by Gasteiger charge is -2.28. The molecule has 0 spiro atoms. The molecule has 0 bridgehead atoms. The fourth-order valence-corrected chi connectivity index (χ4v) is 3.97. The minimum Gasteiger partial charge on any atom is -0.489 e. The molecule has 1 heterocycles. The summed E-state index contributed by atoms with van der Waals surface area (Å²) in [5, 5.41) is 1.64. The average Bonchev–Trinajstić information content (AvgIpc) is 2.51. The molecule has 1 aliphatic rings. The van der Waals surface area contributed by atoms with E-state index in [9.17, 15) is 0 Å². The van der Waals surface area contributed by atoms with E-state index in [2.05, 4.69) is 34.5 Å². The van der Waals surface area contributed by atoms with Crippen LogP contribution < -0.4 is 4.74 Å². The second-order valence-electron chi connectivity index (χ2n) is 5.75. The summed E-state index contributed by atoms with van der Waals surface area (Å²) in [4.78, 5) is 4.35. The van der Waals surface area contributed by atoms with Gasteiger partial charge in [0.1, 0.15) is 10.9 Å². The van der Waals surface area contributed by atoms with Crippen LogP contribution in [0.2, 0.25) is 5.15 Å². The summed E-state index contributed by atoms with van der Waals surface area (Å²) in [6.45, 7) is 2.29. The Balaban J connectivity index is 1.78. The summed E-state index contributed by atoms with van der Waals surface area (Å²) in [5.74, 6) is 1.87. The van der Waals surface area contributed by atoms with Crippen molar-refractivity contribution in [3.63, 3.8) is 0 Å². The number of hydrogen-bond donors (Lipinski definition) is 0. The molecule has 1 fully saturated rings. The average molecular weight is 416 g/mol. The highest BCUT2D eigenvalue weighted by atomic mass is 127. The van der Waals surface area contributed by atoms with E-state index < -0.39 is 0 Å². The van der Waals surface area contributed by atoms with E-state index in [1.807, 2.05) is 24.3 Å². The summed E-state index contributed by atoms with van der Waals surface area (Å²) in [6, 6.07) is 7.88. The maximum Gasteiger partial charge on any atom is 0.133 e.